The molecule has 0 rings (SSSR count). The number of rotatable bonds is 11. The minimum Gasteiger partial charge on any atom is -0.396 e. The van der Waals surface area contributed by atoms with Gasteiger partial charge in [-0.05, 0) is 45.4 Å². The smallest absolute Gasteiger partial charge is 0.0651 e. The highest BCUT2D eigenvalue weighted by molar-refractivity contribution is 4.73. The quantitative estimate of drug-likeness (QED) is 0.553. The Bertz CT molecular complexity index is 170. The Morgan fingerprint density at radius 1 is 1.12 bits per heavy atom. The summed E-state index contributed by atoms with van der Waals surface area (Å²) in [5.41, 5.74) is 0.0864. The van der Waals surface area contributed by atoms with E-state index >= 15 is 0 Å². The molecule has 2 heteroatoms. The van der Waals surface area contributed by atoms with Crippen LogP contribution in [0.25, 0.3) is 0 Å². The second-order valence-corrected chi connectivity index (χ2v) is 5.45. The van der Waals surface area contributed by atoms with Gasteiger partial charge in [-0.15, -0.1) is 0 Å². The molecule has 2 atom stereocenters. The predicted octanol–water partition coefficient (Wildman–Crippen LogP) is 4.16. The first kappa shape index (κ1) is 16.9. The molecule has 0 aliphatic heterocycles. The standard InChI is InChI=1S/C15H32O2/c1-5-15(4,17-6-2)12-8-7-10-14(3)11-9-13-16/h14,16H,5-13H2,1-4H3. The minimum atomic E-state index is 0.0864. The van der Waals surface area contributed by atoms with Crippen LogP contribution >= 0.6 is 0 Å². The number of hydrogen-bond acceptors (Lipinski definition) is 2. The molecule has 0 heterocycles. The van der Waals surface area contributed by atoms with Gasteiger partial charge >= 0.3 is 0 Å². The molecule has 0 aliphatic carbocycles. The molecular formula is C15H32O2. The predicted molar refractivity (Wildman–Crippen MR) is 74.3 cm³/mol. The third-order valence-corrected chi connectivity index (χ3v) is 3.75. The van der Waals surface area contributed by atoms with Crippen molar-refractivity contribution in [1.82, 2.24) is 0 Å². The highest BCUT2D eigenvalue weighted by Gasteiger charge is 2.21. The van der Waals surface area contributed by atoms with Gasteiger partial charge in [-0.1, -0.05) is 33.1 Å². The van der Waals surface area contributed by atoms with Gasteiger partial charge in [-0.2, -0.15) is 0 Å². The third kappa shape index (κ3) is 8.62. The molecule has 0 aliphatic rings. The van der Waals surface area contributed by atoms with Gasteiger partial charge in [-0.3, -0.25) is 0 Å². The zero-order valence-electron chi connectivity index (χ0n) is 12.3. The van der Waals surface area contributed by atoms with E-state index in [1.807, 2.05) is 0 Å². The first-order chi connectivity index (χ1) is 8.08. The third-order valence-electron chi connectivity index (χ3n) is 3.75. The molecule has 0 spiro atoms. The molecule has 0 aromatic heterocycles. The Balaban J connectivity index is 3.61. The van der Waals surface area contributed by atoms with E-state index in [9.17, 15) is 0 Å². The van der Waals surface area contributed by atoms with Crippen molar-refractivity contribution in [1.29, 1.82) is 0 Å². The van der Waals surface area contributed by atoms with Crippen molar-refractivity contribution in [2.24, 2.45) is 5.92 Å². The van der Waals surface area contributed by atoms with Gasteiger partial charge in [0.1, 0.15) is 0 Å². The normalized spacial score (nSPS) is 16.8. The molecule has 0 aromatic carbocycles. The van der Waals surface area contributed by atoms with E-state index in [4.69, 9.17) is 9.84 Å². The number of aliphatic hydroxyl groups excluding tert-OH is 1. The van der Waals surface area contributed by atoms with Crippen LogP contribution < -0.4 is 0 Å². The van der Waals surface area contributed by atoms with Crippen molar-refractivity contribution in [2.75, 3.05) is 13.2 Å². The molecule has 1 N–H and O–H groups in total. The largest absolute Gasteiger partial charge is 0.396 e. The first-order valence-electron chi connectivity index (χ1n) is 7.32. The van der Waals surface area contributed by atoms with E-state index in [0.717, 1.165) is 31.8 Å². The fourth-order valence-electron chi connectivity index (χ4n) is 2.28. The summed E-state index contributed by atoms with van der Waals surface area (Å²) in [4.78, 5) is 0. The second kappa shape index (κ2) is 9.90. The Morgan fingerprint density at radius 3 is 2.29 bits per heavy atom. The van der Waals surface area contributed by atoms with Crippen LogP contribution in [-0.4, -0.2) is 23.9 Å². The number of ether oxygens (including phenoxy) is 1. The zero-order chi connectivity index (χ0) is 13.1. The summed E-state index contributed by atoms with van der Waals surface area (Å²) < 4.78 is 5.82. The van der Waals surface area contributed by atoms with Crippen LogP contribution in [-0.2, 0) is 4.74 Å². The highest BCUT2D eigenvalue weighted by atomic mass is 16.5. The van der Waals surface area contributed by atoms with Crippen molar-refractivity contribution in [3.63, 3.8) is 0 Å². The topological polar surface area (TPSA) is 29.5 Å². The first-order valence-corrected chi connectivity index (χ1v) is 7.32. The zero-order valence-corrected chi connectivity index (χ0v) is 12.3. The van der Waals surface area contributed by atoms with Gasteiger partial charge in [0, 0.05) is 13.2 Å². The van der Waals surface area contributed by atoms with E-state index in [1.165, 1.54) is 25.7 Å². The Hall–Kier alpha value is -0.0800. The summed E-state index contributed by atoms with van der Waals surface area (Å²) in [5.74, 6) is 0.752. The van der Waals surface area contributed by atoms with Gasteiger partial charge in [0.05, 0.1) is 5.60 Å². The maximum Gasteiger partial charge on any atom is 0.0651 e. The second-order valence-electron chi connectivity index (χ2n) is 5.45. The molecule has 0 fully saturated rings. The molecule has 0 aromatic rings. The van der Waals surface area contributed by atoms with E-state index in [1.54, 1.807) is 0 Å². The monoisotopic (exact) mass is 244 g/mol. The number of unbranched alkanes of at least 4 members (excludes halogenated alkanes) is 1. The van der Waals surface area contributed by atoms with Crippen molar-refractivity contribution in [3.05, 3.63) is 0 Å². The van der Waals surface area contributed by atoms with Gasteiger partial charge in [0.2, 0.25) is 0 Å². The lowest BCUT2D eigenvalue weighted by Gasteiger charge is -2.28. The van der Waals surface area contributed by atoms with Crippen LogP contribution in [0, 0.1) is 5.92 Å². The van der Waals surface area contributed by atoms with Gasteiger partial charge in [-0.25, -0.2) is 0 Å². The molecule has 17 heavy (non-hydrogen) atoms. The number of aliphatic hydroxyl groups is 1. The van der Waals surface area contributed by atoms with Crippen molar-refractivity contribution < 1.29 is 9.84 Å². The summed E-state index contributed by atoms with van der Waals surface area (Å²) in [7, 11) is 0. The lowest BCUT2D eigenvalue weighted by molar-refractivity contribution is -0.0354. The Labute approximate surface area is 108 Å². The van der Waals surface area contributed by atoms with Crippen LogP contribution in [0.15, 0.2) is 0 Å². The lowest BCUT2D eigenvalue weighted by atomic mass is 9.92. The van der Waals surface area contributed by atoms with Gasteiger partial charge < -0.3 is 9.84 Å². The van der Waals surface area contributed by atoms with Crippen LogP contribution in [0.3, 0.4) is 0 Å². The van der Waals surface area contributed by atoms with E-state index in [0.29, 0.717) is 6.61 Å². The molecule has 2 unspecified atom stereocenters. The fourth-order valence-corrected chi connectivity index (χ4v) is 2.28. The maximum atomic E-state index is 8.77. The van der Waals surface area contributed by atoms with Crippen LogP contribution in [0.1, 0.15) is 72.6 Å². The summed E-state index contributed by atoms with van der Waals surface area (Å²) in [6.45, 7) is 9.95. The van der Waals surface area contributed by atoms with Crippen molar-refractivity contribution in [3.8, 4) is 0 Å². The molecule has 2 nitrogen and oxygen atoms in total. The molecule has 0 amide bonds. The maximum absolute atomic E-state index is 8.77. The molecule has 104 valence electrons. The lowest BCUT2D eigenvalue weighted by Crippen LogP contribution is -2.27. The average Bonchev–Trinajstić information content (AvgIpc) is 2.32. The van der Waals surface area contributed by atoms with E-state index in [2.05, 4.69) is 27.7 Å². The molecular weight excluding hydrogens is 212 g/mol. The summed E-state index contributed by atoms with van der Waals surface area (Å²) in [5, 5.41) is 8.77. The summed E-state index contributed by atoms with van der Waals surface area (Å²) >= 11 is 0. The van der Waals surface area contributed by atoms with Crippen molar-refractivity contribution >= 4 is 0 Å². The van der Waals surface area contributed by atoms with Crippen LogP contribution in [0.5, 0.6) is 0 Å². The highest BCUT2D eigenvalue weighted by Crippen LogP contribution is 2.24. The van der Waals surface area contributed by atoms with E-state index < -0.39 is 0 Å². The Morgan fingerprint density at radius 2 is 1.76 bits per heavy atom. The molecule has 0 saturated heterocycles. The molecule has 0 radical (unpaired) electrons. The van der Waals surface area contributed by atoms with Gasteiger partial charge in [0.25, 0.3) is 0 Å². The SMILES string of the molecule is CCOC(C)(CC)CCCCC(C)CCCO. The van der Waals surface area contributed by atoms with Crippen LogP contribution in [0.4, 0.5) is 0 Å². The minimum absolute atomic E-state index is 0.0864. The van der Waals surface area contributed by atoms with Crippen molar-refractivity contribution in [2.45, 2.75) is 78.2 Å². The average molecular weight is 244 g/mol. The fraction of sp³-hybridized carbons (Fsp3) is 1.00. The van der Waals surface area contributed by atoms with E-state index in [-0.39, 0.29) is 5.60 Å². The van der Waals surface area contributed by atoms with Gasteiger partial charge in [0.15, 0.2) is 0 Å². The summed E-state index contributed by atoms with van der Waals surface area (Å²) in [6.07, 6.45) is 8.21. The molecule has 0 bridgehead atoms. The molecule has 0 saturated carbocycles. The Kier molecular flexibility index (Phi) is 9.85. The summed E-state index contributed by atoms with van der Waals surface area (Å²) in [6, 6.07) is 0. The van der Waals surface area contributed by atoms with Crippen LogP contribution in [0.2, 0.25) is 0 Å². The number of hydrogen-bond donors (Lipinski definition) is 1.